The van der Waals surface area contributed by atoms with Gasteiger partial charge in [-0.1, -0.05) is 11.3 Å². The Morgan fingerprint density at radius 2 is 1.84 bits per heavy atom. The molecule has 0 aliphatic heterocycles. The number of nitrogens with one attached hydrogen (secondary N) is 2. The van der Waals surface area contributed by atoms with Crippen molar-refractivity contribution in [1.82, 2.24) is 20.2 Å². The zero-order chi connectivity index (χ0) is 22.7. The lowest BCUT2D eigenvalue weighted by atomic mass is 10.1. The van der Waals surface area contributed by atoms with Gasteiger partial charge in [0.1, 0.15) is 16.6 Å². The first kappa shape index (κ1) is 21.6. The fraction of sp³-hybridized carbons (Fsp3) is 0.100. The van der Waals surface area contributed by atoms with Crippen molar-refractivity contribution in [2.75, 3.05) is 17.1 Å². The molecule has 2 heterocycles. The molecule has 2 aromatic heterocycles. The molecule has 4 aromatic rings. The number of ether oxygens (including phenoxy) is 1. The molecule has 0 aliphatic rings. The topological polar surface area (TPSA) is 119 Å². The molecular weight excluding hydrogens is 455 g/mol. The summed E-state index contributed by atoms with van der Waals surface area (Å²) in [7, 11) is -2.30. The summed E-state index contributed by atoms with van der Waals surface area (Å²) >= 11 is 1.14. The van der Waals surface area contributed by atoms with Crippen LogP contribution < -0.4 is 14.8 Å². The third-order valence-electron chi connectivity index (χ3n) is 4.26. The maximum atomic E-state index is 13.7. The van der Waals surface area contributed by atoms with Gasteiger partial charge in [0, 0.05) is 17.4 Å². The second-order valence-corrected chi connectivity index (χ2v) is 9.36. The first-order valence-corrected chi connectivity index (χ1v) is 11.5. The fourth-order valence-electron chi connectivity index (χ4n) is 2.81. The summed E-state index contributed by atoms with van der Waals surface area (Å²) < 4.78 is 46.4. The molecule has 0 unspecified atom stereocenters. The number of methoxy groups -OCH3 is 1. The van der Waals surface area contributed by atoms with Gasteiger partial charge in [-0.15, -0.1) is 10.2 Å². The molecule has 0 aliphatic carbocycles. The molecule has 2 aromatic carbocycles. The molecule has 2 N–H and O–H groups in total. The molecule has 164 valence electrons. The van der Waals surface area contributed by atoms with Crippen LogP contribution >= 0.6 is 11.3 Å². The van der Waals surface area contributed by atoms with Crippen LogP contribution in [0.2, 0.25) is 0 Å². The van der Waals surface area contributed by atoms with E-state index in [1.54, 1.807) is 25.1 Å². The van der Waals surface area contributed by atoms with E-state index >= 15 is 0 Å². The zero-order valence-corrected chi connectivity index (χ0v) is 18.5. The van der Waals surface area contributed by atoms with Crippen LogP contribution in [-0.2, 0) is 10.0 Å². The number of nitrogens with zero attached hydrogens (tertiary/aromatic N) is 4. The Kier molecular flexibility index (Phi) is 5.97. The maximum absolute atomic E-state index is 13.7. The Bertz CT molecular complexity index is 1360. The van der Waals surface area contributed by atoms with E-state index in [0.29, 0.717) is 27.7 Å². The van der Waals surface area contributed by atoms with Crippen molar-refractivity contribution < 1.29 is 17.5 Å². The Morgan fingerprint density at radius 3 is 2.53 bits per heavy atom. The molecule has 0 saturated heterocycles. The SMILES string of the molecule is COc1ccc(F)cc1-c1ccnc(Nc2ccc(S(=O)(=O)Nc3nnc(C)s3)cc2)n1. The summed E-state index contributed by atoms with van der Waals surface area (Å²) in [6.45, 7) is 1.73. The van der Waals surface area contributed by atoms with E-state index in [9.17, 15) is 12.8 Å². The Balaban J connectivity index is 1.53. The predicted octanol–water partition coefficient (Wildman–Crippen LogP) is 4.00. The minimum atomic E-state index is -3.79. The molecule has 0 bridgehead atoms. The van der Waals surface area contributed by atoms with E-state index < -0.39 is 15.8 Å². The fourth-order valence-corrected chi connectivity index (χ4v) is 4.63. The first-order valence-electron chi connectivity index (χ1n) is 9.21. The lowest BCUT2D eigenvalue weighted by Crippen LogP contribution is -2.12. The summed E-state index contributed by atoms with van der Waals surface area (Å²) in [6.07, 6.45) is 1.53. The second kappa shape index (κ2) is 8.85. The van der Waals surface area contributed by atoms with Crippen LogP contribution in [0.1, 0.15) is 5.01 Å². The molecule has 32 heavy (non-hydrogen) atoms. The minimum absolute atomic E-state index is 0.0649. The van der Waals surface area contributed by atoms with E-state index in [-0.39, 0.29) is 16.0 Å². The van der Waals surface area contributed by atoms with Crippen molar-refractivity contribution in [3.05, 3.63) is 65.6 Å². The van der Waals surface area contributed by atoms with E-state index in [1.807, 2.05) is 0 Å². The molecule has 0 spiro atoms. The van der Waals surface area contributed by atoms with Crippen LogP contribution in [0.15, 0.2) is 59.6 Å². The summed E-state index contributed by atoms with van der Waals surface area (Å²) in [5.74, 6) is 0.318. The molecule has 4 rings (SSSR count). The third-order valence-corrected chi connectivity index (χ3v) is 6.50. The van der Waals surface area contributed by atoms with Crippen molar-refractivity contribution >= 4 is 38.1 Å². The van der Waals surface area contributed by atoms with Gasteiger partial charge >= 0.3 is 0 Å². The van der Waals surface area contributed by atoms with Crippen molar-refractivity contribution in [3.63, 3.8) is 0 Å². The molecule has 12 heteroatoms. The second-order valence-electron chi connectivity index (χ2n) is 6.49. The number of benzene rings is 2. The van der Waals surface area contributed by atoms with Gasteiger partial charge in [-0.05, 0) is 55.5 Å². The minimum Gasteiger partial charge on any atom is -0.496 e. The van der Waals surface area contributed by atoms with Crippen LogP contribution in [0, 0.1) is 12.7 Å². The van der Waals surface area contributed by atoms with Gasteiger partial charge in [0.25, 0.3) is 10.0 Å². The number of aromatic nitrogens is 4. The standard InChI is InChI=1S/C20H17FN6O3S2/c1-12-25-26-20(31-12)27-32(28,29)15-6-4-14(5-7-15)23-19-22-10-9-17(24-19)16-11-13(21)3-8-18(16)30-2/h3-11H,1-2H3,(H,26,27)(H,22,23,24). The Morgan fingerprint density at radius 1 is 1.06 bits per heavy atom. The van der Waals surface area contributed by atoms with E-state index in [4.69, 9.17) is 4.74 Å². The number of sulfonamides is 1. The van der Waals surface area contributed by atoms with Gasteiger partial charge in [0.05, 0.1) is 17.7 Å². The normalized spacial score (nSPS) is 11.2. The third kappa shape index (κ3) is 4.81. The van der Waals surface area contributed by atoms with E-state index in [1.165, 1.54) is 43.6 Å². The Labute approximate surface area is 187 Å². The lowest BCUT2D eigenvalue weighted by Gasteiger charge is -2.10. The highest BCUT2D eigenvalue weighted by Crippen LogP contribution is 2.30. The molecule has 0 radical (unpaired) electrons. The first-order chi connectivity index (χ1) is 15.3. The molecule has 0 saturated carbocycles. The van der Waals surface area contributed by atoms with Crippen molar-refractivity contribution in [2.45, 2.75) is 11.8 Å². The highest BCUT2D eigenvalue weighted by Gasteiger charge is 2.16. The number of hydrogen-bond donors (Lipinski definition) is 2. The zero-order valence-electron chi connectivity index (χ0n) is 16.9. The number of hydrogen-bond acceptors (Lipinski definition) is 9. The molecular formula is C20H17FN6O3S2. The highest BCUT2D eigenvalue weighted by molar-refractivity contribution is 7.93. The highest BCUT2D eigenvalue weighted by atomic mass is 32.2. The van der Waals surface area contributed by atoms with Crippen molar-refractivity contribution in [3.8, 4) is 17.0 Å². The van der Waals surface area contributed by atoms with Gasteiger partial charge < -0.3 is 10.1 Å². The lowest BCUT2D eigenvalue weighted by molar-refractivity contribution is 0.415. The predicted molar refractivity (Wildman–Crippen MR) is 119 cm³/mol. The van der Waals surface area contributed by atoms with Crippen molar-refractivity contribution in [2.24, 2.45) is 0 Å². The van der Waals surface area contributed by atoms with Crippen molar-refractivity contribution in [1.29, 1.82) is 0 Å². The quantitative estimate of drug-likeness (QED) is 0.414. The summed E-state index contributed by atoms with van der Waals surface area (Å²) in [5, 5.41) is 11.4. The number of anilines is 3. The van der Waals surface area contributed by atoms with Gasteiger partial charge in [0.2, 0.25) is 11.1 Å². The number of aryl methyl sites for hydroxylation is 1. The molecule has 9 nitrogen and oxygen atoms in total. The summed E-state index contributed by atoms with van der Waals surface area (Å²) in [6, 6.07) is 11.8. The van der Waals surface area contributed by atoms with Crippen LogP contribution in [-0.4, -0.2) is 35.7 Å². The van der Waals surface area contributed by atoms with Crippen LogP contribution in [0.4, 0.5) is 21.2 Å². The average Bonchev–Trinajstić information content (AvgIpc) is 3.18. The van der Waals surface area contributed by atoms with Gasteiger partial charge in [-0.25, -0.2) is 22.8 Å². The summed E-state index contributed by atoms with van der Waals surface area (Å²) in [5.41, 5.74) is 1.52. The molecule has 0 amide bonds. The van der Waals surface area contributed by atoms with Gasteiger partial charge in [-0.2, -0.15) is 0 Å². The van der Waals surface area contributed by atoms with Gasteiger partial charge in [0.15, 0.2) is 0 Å². The van der Waals surface area contributed by atoms with E-state index in [0.717, 1.165) is 11.3 Å². The monoisotopic (exact) mass is 472 g/mol. The van der Waals surface area contributed by atoms with Crippen LogP contribution in [0.5, 0.6) is 5.75 Å². The smallest absolute Gasteiger partial charge is 0.263 e. The molecule has 0 fully saturated rings. The number of rotatable bonds is 7. The molecule has 0 atom stereocenters. The van der Waals surface area contributed by atoms with Crippen LogP contribution in [0.25, 0.3) is 11.3 Å². The maximum Gasteiger partial charge on any atom is 0.263 e. The largest absolute Gasteiger partial charge is 0.496 e. The van der Waals surface area contributed by atoms with Gasteiger partial charge in [-0.3, -0.25) is 4.72 Å². The average molecular weight is 473 g/mol. The van der Waals surface area contributed by atoms with Crippen LogP contribution in [0.3, 0.4) is 0 Å². The number of halogens is 1. The Hall–Kier alpha value is -3.64. The summed E-state index contributed by atoms with van der Waals surface area (Å²) in [4.78, 5) is 8.64. The van der Waals surface area contributed by atoms with E-state index in [2.05, 4.69) is 30.2 Å².